The summed E-state index contributed by atoms with van der Waals surface area (Å²) < 4.78 is 29.5. The van der Waals surface area contributed by atoms with Gasteiger partial charge in [0.25, 0.3) is 6.43 Å². The molecule has 0 bridgehead atoms. The second-order valence-electron chi connectivity index (χ2n) is 5.29. The number of piperidine rings is 1. The molecule has 1 aliphatic heterocycles. The predicted octanol–water partition coefficient (Wildman–Crippen LogP) is 1.89. The Bertz CT molecular complexity index is 290. The highest BCUT2D eigenvalue weighted by Gasteiger charge is 2.27. The minimum absolute atomic E-state index is 0.0879. The predicted molar refractivity (Wildman–Crippen MR) is 73.9 cm³/mol. The van der Waals surface area contributed by atoms with E-state index in [1.807, 2.05) is 0 Å². The van der Waals surface area contributed by atoms with Crippen molar-refractivity contribution in [2.45, 2.75) is 45.6 Å². The molecule has 1 N–H and O–H groups in total. The highest BCUT2D eigenvalue weighted by atomic mass is 19.3. The first-order valence-electron chi connectivity index (χ1n) is 7.44. The van der Waals surface area contributed by atoms with Gasteiger partial charge in [0.1, 0.15) is 0 Å². The molecule has 0 radical (unpaired) electrons. The van der Waals surface area contributed by atoms with Crippen molar-refractivity contribution < 1.29 is 18.3 Å². The summed E-state index contributed by atoms with van der Waals surface area (Å²) in [5.41, 5.74) is 0. The van der Waals surface area contributed by atoms with E-state index in [1.165, 1.54) is 0 Å². The third kappa shape index (κ3) is 6.61. The molecule has 1 heterocycles. The van der Waals surface area contributed by atoms with E-state index in [0.717, 1.165) is 32.5 Å². The van der Waals surface area contributed by atoms with Crippen LogP contribution in [0.4, 0.5) is 8.78 Å². The van der Waals surface area contributed by atoms with E-state index in [9.17, 15) is 13.6 Å². The fraction of sp³-hybridized carbons (Fsp3) is 0.929. The number of carbonyl (C=O) groups excluding carboxylic acids is 1. The first-order chi connectivity index (χ1) is 9.55. The van der Waals surface area contributed by atoms with Crippen LogP contribution < -0.4 is 5.32 Å². The van der Waals surface area contributed by atoms with Crippen molar-refractivity contribution in [3.63, 3.8) is 0 Å². The number of nitrogens with zero attached hydrogens (tertiary/aromatic N) is 1. The topological polar surface area (TPSA) is 41.6 Å². The Hall–Kier alpha value is -0.750. The Morgan fingerprint density at radius 3 is 2.75 bits per heavy atom. The molecule has 0 aromatic rings. The smallest absolute Gasteiger partial charge is 0.305 e. The lowest BCUT2D eigenvalue weighted by Crippen LogP contribution is -2.50. The number of nitrogens with one attached hydrogen (secondary N) is 1. The Balaban J connectivity index is 2.38. The molecule has 1 saturated heterocycles. The van der Waals surface area contributed by atoms with Gasteiger partial charge in [-0.25, -0.2) is 8.78 Å². The summed E-state index contributed by atoms with van der Waals surface area (Å²) >= 11 is 0. The van der Waals surface area contributed by atoms with Gasteiger partial charge in [-0.15, -0.1) is 0 Å². The summed E-state index contributed by atoms with van der Waals surface area (Å²) in [6.45, 7) is 6.65. The maximum absolute atomic E-state index is 12.3. The maximum atomic E-state index is 12.3. The van der Waals surface area contributed by atoms with Crippen LogP contribution in [-0.2, 0) is 9.53 Å². The third-order valence-corrected chi connectivity index (χ3v) is 3.68. The standard InChI is InChI=1S/C14H26F2N2O2/c1-3-18-9-11(5-6-14(19)20-4-2)7-12(10-18)17-8-13(15)16/h11-13,17H,3-10H2,1-2H3. The Labute approximate surface area is 119 Å². The van der Waals surface area contributed by atoms with Crippen LogP contribution in [-0.4, -0.2) is 56.1 Å². The summed E-state index contributed by atoms with van der Waals surface area (Å²) in [6.07, 6.45) is -0.285. The lowest BCUT2D eigenvalue weighted by Gasteiger charge is -2.37. The molecule has 2 unspecified atom stereocenters. The minimum Gasteiger partial charge on any atom is -0.466 e. The van der Waals surface area contributed by atoms with E-state index in [0.29, 0.717) is 18.9 Å². The van der Waals surface area contributed by atoms with Gasteiger partial charge >= 0.3 is 5.97 Å². The van der Waals surface area contributed by atoms with Crippen molar-refractivity contribution in [1.82, 2.24) is 10.2 Å². The Morgan fingerprint density at radius 1 is 1.40 bits per heavy atom. The summed E-state index contributed by atoms with van der Waals surface area (Å²) in [4.78, 5) is 13.6. The summed E-state index contributed by atoms with van der Waals surface area (Å²) in [5.74, 6) is 0.196. The molecular weight excluding hydrogens is 266 g/mol. The minimum atomic E-state index is -2.31. The molecule has 2 atom stereocenters. The van der Waals surface area contributed by atoms with Crippen LogP contribution in [0, 0.1) is 5.92 Å². The second-order valence-corrected chi connectivity index (χ2v) is 5.29. The van der Waals surface area contributed by atoms with Crippen molar-refractivity contribution in [1.29, 1.82) is 0 Å². The maximum Gasteiger partial charge on any atom is 0.305 e. The number of ether oxygens (including phenoxy) is 1. The molecule has 0 aromatic heterocycles. The van der Waals surface area contributed by atoms with E-state index < -0.39 is 6.43 Å². The zero-order valence-corrected chi connectivity index (χ0v) is 12.4. The molecule has 1 rings (SSSR count). The van der Waals surface area contributed by atoms with Gasteiger partial charge in [0.15, 0.2) is 0 Å². The van der Waals surface area contributed by atoms with Crippen molar-refractivity contribution in [3.8, 4) is 0 Å². The van der Waals surface area contributed by atoms with Crippen LogP contribution in [0.3, 0.4) is 0 Å². The van der Waals surface area contributed by atoms with Crippen molar-refractivity contribution in [2.75, 3.05) is 32.8 Å². The monoisotopic (exact) mass is 292 g/mol. The summed E-state index contributed by atoms with van der Waals surface area (Å²) in [6, 6.07) is 0.0879. The normalized spacial score (nSPS) is 24.1. The van der Waals surface area contributed by atoms with Gasteiger partial charge in [-0.1, -0.05) is 6.92 Å². The largest absolute Gasteiger partial charge is 0.466 e. The number of hydrogen-bond donors (Lipinski definition) is 1. The van der Waals surface area contributed by atoms with Crippen molar-refractivity contribution in [2.24, 2.45) is 5.92 Å². The van der Waals surface area contributed by atoms with Crippen LogP contribution in [0.1, 0.15) is 33.1 Å². The van der Waals surface area contributed by atoms with Crippen LogP contribution in [0.5, 0.6) is 0 Å². The number of carbonyl (C=O) groups is 1. The Kier molecular flexibility index (Phi) is 7.99. The number of halogens is 2. The molecule has 0 spiro atoms. The van der Waals surface area contributed by atoms with E-state index in [4.69, 9.17) is 4.74 Å². The van der Waals surface area contributed by atoms with Gasteiger partial charge < -0.3 is 15.0 Å². The van der Waals surface area contributed by atoms with E-state index in [-0.39, 0.29) is 18.6 Å². The van der Waals surface area contributed by atoms with Gasteiger partial charge in [-0.2, -0.15) is 0 Å². The lowest BCUT2D eigenvalue weighted by atomic mass is 9.90. The zero-order chi connectivity index (χ0) is 15.0. The highest BCUT2D eigenvalue weighted by molar-refractivity contribution is 5.69. The molecule has 1 fully saturated rings. The quantitative estimate of drug-likeness (QED) is 0.694. The second kappa shape index (κ2) is 9.23. The number of esters is 1. The van der Waals surface area contributed by atoms with Crippen LogP contribution in [0.15, 0.2) is 0 Å². The van der Waals surface area contributed by atoms with E-state index >= 15 is 0 Å². The number of likely N-dealkylation sites (N-methyl/N-ethyl adjacent to an activating group) is 1. The van der Waals surface area contributed by atoms with Crippen LogP contribution >= 0.6 is 0 Å². The molecule has 6 heteroatoms. The van der Waals surface area contributed by atoms with Gasteiger partial charge in [-0.3, -0.25) is 4.79 Å². The molecule has 118 valence electrons. The summed E-state index contributed by atoms with van der Waals surface area (Å²) in [7, 11) is 0. The lowest BCUT2D eigenvalue weighted by molar-refractivity contribution is -0.143. The average molecular weight is 292 g/mol. The van der Waals surface area contributed by atoms with Crippen LogP contribution in [0.2, 0.25) is 0 Å². The van der Waals surface area contributed by atoms with Gasteiger partial charge in [0.05, 0.1) is 13.2 Å². The van der Waals surface area contributed by atoms with Crippen molar-refractivity contribution >= 4 is 5.97 Å². The van der Waals surface area contributed by atoms with Gasteiger partial charge in [0.2, 0.25) is 0 Å². The molecule has 1 aliphatic rings. The molecule has 4 nitrogen and oxygen atoms in total. The molecule has 0 amide bonds. The first-order valence-corrected chi connectivity index (χ1v) is 7.44. The third-order valence-electron chi connectivity index (χ3n) is 3.68. The van der Waals surface area contributed by atoms with Crippen molar-refractivity contribution in [3.05, 3.63) is 0 Å². The average Bonchev–Trinajstić information content (AvgIpc) is 2.43. The van der Waals surface area contributed by atoms with E-state index in [2.05, 4.69) is 17.1 Å². The number of alkyl halides is 2. The summed E-state index contributed by atoms with van der Waals surface area (Å²) in [5, 5.41) is 2.92. The SMILES string of the molecule is CCOC(=O)CCC1CC(NCC(F)F)CN(CC)C1. The van der Waals surface area contributed by atoms with Crippen LogP contribution in [0.25, 0.3) is 0 Å². The molecule has 0 saturated carbocycles. The zero-order valence-electron chi connectivity index (χ0n) is 12.4. The van der Waals surface area contributed by atoms with E-state index in [1.54, 1.807) is 6.92 Å². The highest BCUT2D eigenvalue weighted by Crippen LogP contribution is 2.21. The molecular formula is C14H26F2N2O2. The number of hydrogen-bond acceptors (Lipinski definition) is 4. The molecule has 0 aromatic carbocycles. The fourth-order valence-corrected chi connectivity index (χ4v) is 2.73. The molecule has 0 aliphatic carbocycles. The Morgan fingerprint density at radius 2 is 2.15 bits per heavy atom. The number of likely N-dealkylation sites (tertiary alicyclic amines) is 1. The number of rotatable bonds is 8. The van der Waals surface area contributed by atoms with Gasteiger partial charge in [0, 0.05) is 25.6 Å². The molecule has 20 heavy (non-hydrogen) atoms. The first kappa shape index (κ1) is 17.3. The van der Waals surface area contributed by atoms with Gasteiger partial charge in [-0.05, 0) is 32.2 Å². The fourth-order valence-electron chi connectivity index (χ4n) is 2.73.